The summed E-state index contributed by atoms with van der Waals surface area (Å²) in [4.78, 5) is 0. The second-order valence-corrected chi connectivity index (χ2v) is 4.89. The normalized spacial score (nSPS) is 20.5. The molecule has 82 valence electrons. The number of methoxy groups -OCH3 is 1. The van der Waals surface area contributed by atoms with Crippen molar-refractivity contribution in [2.75, 3.05) is 20.2 Å². The van der Waals surface area contributed by atoms with Crippen molar-refractivity contribution in [3.05, 3.63) is 28.2 Å². The second kappa shape index (κ2) is 4.99. The van der Waals surface area contributed by atoms with Crippen LogP contribution in [0, 0.1) is 5.92 Å². The predicted molar refractivity (Wildman–Crippen MR) is 65.4 cm³/mol. The largest absolute Gasteiger partial charge is 0.496 e. The number of rotatable bonds is 3. The van der Waals surface area contributed by atoms with Crippen LogP contribution in [-0.2, 0) is 6.42 Å². The monoisotopic (exact) mass is 269 g/mol. The molecule has 1 heterocycles. The highest BCUT2D eigenvalue weighted by Crippen LogP contribution is 2.27. The molecule has 2 rings (SSSR count). The van der Waals surface area contributed by atoms with Crippen LogP contribution in [0.5, 0.6) is 5.75 Å². The fourth-order valence-corrected chi connectivity index (χ4v) is 2.65. The Hall–Kier alpha value is -0.540. The number of hydrogen-bond acceptors (Lipinski definition) is 2. The van der Waals surface area contributed by atoms with Crippen LogP contribution in [0.1, 0.15) is 12.0 Å². The highest BCUT2D eigenvalue weighted by atomic mass is 79.9. The first-order valence-corrected chi connectivity index (χ1v) is 6.12. The maximum Gasteiger partial charge on any atom is 0.133 e. The molecule has 0 spiro atoms. The van der Waals surface area contributed by atoms with Crippen molar-refractivity contribution in [2.24, 2.45) is 5.92 Å². The SMILES string of the molecule is COc1ccc(CC2CCNC2)cc1Br. The molecule has 1 aliphatic rings. The molecule has 1 aromatic rings. The number of ether oxygens (including phenoxy) is 1. The van der Waals surface area contributed by atoms with Crippen LogP contribution in [0.15, 0.2) is 22.7 Å². The van der Waals surface area contributed by atoms with E-state index in [1.165, 1.54) is 18.5 Å². The maximum absolute atomic E-state index is 5.21. The predicted octanol–water partition coefficient (Wildman–Crippen LogP) is 2.61. The molecular weight excluding hydrogens is 254 g/mol. The molecule has 0 aromatic heterocycles. The fourth-order valence-electron chi connectivity index (χ4n) is 2.06. The molecule has 1 atom stereocenters. The summed E-state index contributed by atoms with van der Waals surface area (Å²) in [6.45, 7) is 2.33. The number of benzene rings is 1. The zero-order valence-corrected chi connectivity index (χ0v) is 10.5. The van der Waals surface area contributed by atoms with Gasteiger partial charge in [0.25, 0.3) is 0 Å². The van der Waals surface area contributed by atoms with Gasteiger partial charge in [0.2, 0.25) is 0 Å². The Labute approximate surface area is 99.1 Å². The minimum atomic E-state index is 0.797. The first kappa shape index (κ1) is 11.0. The van der Waals surface area contributed by atoms with E-state index in [0.29, 0.717) is 0 Å². The van der Waals surface area contributed by atoms with E-state index in [1.54, 1.807) is 7.11 Å². The van der Waals surface area contributed by atoms with Crippen molar-refractivity contribution in [3.63, 3.8) is 0 Å². The molecule has 0 bridgehead atoms. The van der Waals surface area contributed by atoms with Crippen molar-refractivity contribution >= 4 is 15.9 Å². The standard InChI is InChI=1S/C12H16BrNO/c1-15-12-3-2-9(7-11(12)13)6-10-4-5-14-8-10/h2-3,7,10,14H,4-6,8H2,1H3. The Balaban J connectivity index is 2.05. The maximum atomic E-state index is 5.21. The molecule has 3 heteroatoms. The smallest absolute Gasteiger partial charge is 0.133 e. The summed E-state index contributed by atoms with van der Waals surface area (Å²) < 4.78 is 6.26. The molecule has 15 heavy (non-hydrogen) atoms. The van der Waals surface area contributed by atoms with E-state index in [0.717, 1.165) is 29.1 Å². The van der Waals surface area contributed by atoms with Crippen molar-refractivity contribution < 1.29 is 4.74 Å². The summed E-state index contributed by atoms with van der Waals surface area (Å²) in [5, 5.41) is 3.39. The van der Waals surface area contributed by atoms with E-state index in [1.807, 2.05) is 6.07 Å². The van der Waals surface area contributed by atoms with E-state index in [4.69, 9.17) is 4.74 Å². The molecule has 1 fully saturated rings. The Morgan fingerprint density at radius 3 is 3.00 bits per heavy atom. The summed E-state index contributed by atoms with van der Waals surface area (Å²) in [5.74, 6) is 1.70. The molecule has 2 nitrogen and oxygen atoms in total. The van der Waals surface area contributed by atoms with Gasteiger partial charge >= 0.3 is 0 Å². The third kappa shape index (κ3) is 2.73. The fraction of sp³-hybridized carbons (Fsp3) is 0.500. The third-order valence-electron chi connectivity index (χ3n) is 2.90. The topological polar surface area (TPSA) is 21.3 Å². The summed E-state index contributed by atoms with van der Waals surface area (Å²) in [5.41, 5.74) is 1.39. The van der Waals surface area contributed by atoms with Gasteiger partial charge in [-0.05, 0) is 65.5 Å². The van der Waals surface area contributed by atoms with Crippen LogP contribution in [0.4, 0.5) is 0 Å². The summed E-state index contributed by atoms with van der Waals surface area (Å²) in [7, 11) is 1.70. The Morgan fingerprint density at radius 1 is 1.53 bits per heavy atom. The molecule has 0 radical (unpaired) electrons. The van der Waals surface area contributed by atoms with Crippen LogP contribution in [0.25, 0.3) is 0 Å². The lowest BCUT2D eigenvalue weighted by atomic mass is 9.99. The van der Waals surface area contributed by atoms with Crippen molar-refractivity contribution in [1.29, 1.82) is 0 Å². The molecule has 0 saturated carbocycles. The zero-order valence-electron chi connectivity index (χ0n) is 8.92. The van der Waals surface area contributed by atoms with E-state index < -0.39 is 0 Å². The van der Waals surface area contributed by atoms with E-state index >= 15 is 0 Å². The summed E-state index contributed by atoms with van der Waals surface area (Å²) in [6.07, 6.45) is 2.46. The third-order valence-corrected chi connectivity index (χ3v) is 3.52. The van der Waals surface area contributed by atoms with Gasteiger partial charge in [0.05, 0.1) is 11.6 Å². The molecular formula is C12H16BrNO. The van der Waals surface area contributed by atoms with Gasteiger partial charge in [-0.15, -0.1) is 0 Å². The average molecular weight is 270 g/mol. The first-order chi connectivity index (χ1) is 7.29. The lowest BCUT2D eigenvalue weighted by molar-refractivity contribution is 0.412. The van der Waals surface area contributed by atoms with Gasteiger partial charge in [0.15, 0.2) is 0 Å². The van der Waals surface area contributed by atoms with Crippen molar-refractivity contribution in [1.82, 2.24) is 5.32 Å². The summed E-state index contributed by atoms with van der Waals surface area (Å²) >= 11 is 3.52. The number of halogens is 1. The molecule has 1 aromatic carbocycles. The number of hydrogen-bond donors (Lipinski definition) is 1. The second-order valence-electron chi connectivity index (χ2n) is 4.03. The lowest BCUT2D eigenvalue weighted by Crippen LogP contribution is -2.10. The Kier molecular flexibility index (Phi) is 3.65. The van der Waals surface area contributed by atoms with Gasteiger partial charge in [0, 0.05) is 0 Å². The van der Waals surface area contributed by atoms with Crippen LogP contribution < -0.4 is 10.1 Å². The van der Waals surface area contributed by atoms with Gasteiger partial charge in [0.1, 0.15) is 5.75 Å². The van der Waals surface area contributed by atoms with E-state index in [2.05, 4.69) is 33.4 Å². The molecule has 0 amide bonds. The highest BCUT2D eigenvalue weighted by Gasteiger charge is 2.15. The number of nitrogens with one attached hydrogen (secondary N) is 1. The van der Waals surface area contributed by atoms with Gasteiger partial charge in [-0.1, -0.05) is 6.07 Å². The molecule has 1 saturated heterocycles. The van der Waals surface area contributed by atoms with Gasteiger partial charge in [-0.3, -0.25) is 0 Å². The molecule has 1 N–H and O–H groups in total. The van der Waals surface area contributed by atoms with Crippen molar-refractivity contribution in [2.45, 2.75) is 12.8 Å². The Morgan fingerprint density at radius 2 is 2.40 bits per heavy atom. The van der Waals surface area contributed by atoms with Gasteiger partial charge in [-0.2, -0.15) is 0 Å². The Bertz CT molecular complexity index is 334. The molecule has 0 aliphatic carbocycles. The minimum Gasteiger partial charge on any atom is -0.496 e. The van der Waals surface area contributed by atoms with Crippen LogP contribution in [0.2, 0.25) is 0 Å². The highest BCUT2D eigenvalue weighted by molar-refractivity contribution is 9.10. The molecule has 1 unspecified atom stereocenters. The summed E-state index contributed by atoms with van der Waals surface area (Å²) in [6, 6.07) is 6.35. The van der Waals surface area contributed by atoms with Gasteiger partial charge in [-0.25, -0.2) is 0 Å². The van der Waals surface area contributed by atoms with E-state index in [-0.39, 0.29) is 0 Å². The van der Waals surface area contributed by atoms with Crippen LogP contribution in [0.3, 0.4) is 0 Å². The quantitative estimate of drug-likeness (QED) is 0.911. The lowest BCUT2D eigenvalue weighted by Gasteiger charge is -2.10. The van der Waals surface area contributed by atoms with Crippen LogP contribution in [-0.4, -0.2) is 20.2 Å². The zero-order chi connectivity index (χ0) is 10.7. The van der Waals surface area contributed by atoms with Crippen LogP contribution >= 0.6 is 15.9 Å². The minimum absolute atomic E-state index is 0.797. The first-order valence-electron chi connectivity index (χ1n) is 5.32. The van der Waals surface area contributed by atoms with Crippen molar-refractivity contribution in [3.8, 4) is 5.75 Å². The van der Waals surface area contributed by atoms with Gasteiger partial charge < -0.3 is 10.1 Å². The van der Waals surface area contributed by atoms with E-state index in [9.17, 15) is 0 Å². The average Bonchev–Trinajstić information content (AvgIpc) is 2.71. The molecule has 1 aliphatic heterocycles.